The van der Waals surface area contributed by atoms with Crippen molar-refractivity contribution in [3.63, 3.8) is 0 Å². The van der Waals surface area contributed by atoms with Gasteiger partial charge in [0, 0.05) is 18.7 Å². The molecule has 1 heterocycles. The Balaban J connectivity index is 2.21. The number of carbonyl (C=O) groups excluding carboxylic acids is 2. The van der Waals surface area contributed by atoms with Crippen LogP contribution in [0.1, 0.15) is 30.7 Å². The van der Waals surface area contributed by atoms with Gasteiger partial charge in [0.05, 0.1) is 19.4 Å². The van der Waals surface area contributed by atoms with E-state index in [1.54, 1.807) is 24.3 Å². The van der Waals surface area contributed by atoms with Crippen LogP contribution in [0, 0.1) is 0 Å². The van der Waals surface area contributed by atoms with Gasteiger partial charge >= 0.3 is 12.1 Å². The molecule has 120 valence electrons. The molecule has 0 bridgehead atoms. The number of anilines is 1. The van der Waals surface area contributed by atoms with Crippen LogP contribution >= 0.6 is 0 Å². The molecule has 1 aliphatic rings. The topological polar surface area (TPSA) is 46.6 Å². The lowest BCUT2D eigenvalue weighted by Crippen LogP contribution is -2.38. The van der Waals surface area contributed by atoms with Gasteiger partial charge in [0.15, 0.2) is 0 Å². The van der Waals surface area contributed by atoms with Gasteiger partial charge in [-0.2, -0.15) is 13.2 Å². The smallest absolute Gasteiger partial charge is 0.389 e. The Bertz CT molecular complexity index is 571. The number of hydrogen-bond donors (Lipinski definition) is 0. The number of benzene rings is 1. The van der Waals surface area contributed by atoms with Crippen LogP contribution in [0.25, 0.3) is 0 Å². The summed E-state index contributed by atoms with van der Waals surface area (Å²) < 4.78 is 41.5. The van der Waals surface area contributed by atoms with Crippen molar-refractivity contribution < 1.29 is 27.5 Å². The van der Waals surface area contributed by atoms with Crippen LogP contribution in [0.3, 0.4) is 0 Å². The van der Waals surface area contributed by atoms with Gasteiger partial charge in [-0.15, -0.1) is 0 Å². The van der Waals surface area contributed by atoms with Crippen LogP contribution in [0.15, 0.2) is 24.3 Å². The number of methoxy groups -OCH3 is 1. The van der Waals surface area contributed by atoms with E-state index < -0.39 is 36.8 Å². The van der Waals surface area contributed by atoms with Crippen LogP contribution in [-0.2, 0) is 14.3 Å². The molecule has 1 aromatic rings. The number of ether oxygens (including phenoxy) is 1. The van der Waals surface area contributed by atoms with E-state index in [2.05, 4.69) is 0 Å². The number of nitrogens with zero attached hydrogens (tertiary/aromatic N) is 1. The Labute approximate surface area is 125 Å². The molecule has 0 N–H and O–H groups in total. The van der Waals surface area contributed by atoms with Gasteiger partial charge in [-0.05, 0) is 18.1 Å². The number of amides is 1. The minimum atomic E-state index is -4.36. The molecule has 1 aromatic carbocycles. The summed E-state index contributed by atoms with van der Waals surface area (Å²) >= 11 is 0. The molecule has 0 fully saturated rings. The minimum Gasteiger partial charge on any atom is -0.469 e. The Morgan fingerprint density at radius 1 is 1.32 bits per heavy atom. The summed E-state index contributed by atoms with van der Waals surface area (Å²) in [5, 5.41) is 0. The highest BCUT2D eigenvalue weighted by molar-refractivity contribution is 5.96. The largest absolute Gasteiger partial charge is 0.469 e. The Hall–Kier alpha value is -2.05. The molecule has 4 nitrogen and oxygen atoms in total. The van der Waals surface area contributed by atoms with Gasteiger partial charge < -0.3 is 9.64 Å². The number of halogens is 3. The van der Waals surface area contributed by atoms with Crippen LogP contribution in [0.4, 0.5) is 18.9 Å². The fourth-order valence-electron chi connectivity index (χ4n) is 2.59. The molecule has 0 unspecified atom stereocenters. The summed E-state index contributed by atoms with van der Waals surface area (Å²) in [6.07, 6.45) is -5.77. The molecule has 1 atom stereocenters. The first-order valence-corrected chi connectivity index (χ1v) is 6.87. The second kappa shape index (κ2) is 6.37. The van der Waals surface area contributed by atoms with Gasteiger partial charge in [0.25, 0.3) is 0 Å². The Morgan fingerprint density at radius 2 is 2.00 bits per heavy atom. The first-order valence-electron chi connectivity index (χ1n) is 6.87. The van der Waals surface area contributed by atoms with Crippen LogP contribution < -0.4 is 4.90 Å². The summed E-state index contributed by atoms with van der Waals surface area (Å²) in [6, 6.07) is 6.73. The SMILES string of the molecule is COC(=O)[C@H]1CCN(C(=O)CCC(F)(F)F)c2ccccc21. The zero-order chi connectivity index (χ0) is 16.3. The summed E-state index contributed by atoms with van der Waals surface area (Å²) in [4.78, 5) is 25.2. The maximum atomic E-state index is 12.3. The molecule has 0 saturated carbocycles. The molecule has 0 spiro atoms. The molecule has 22 heavy (non-hydrogen) atoms. The minimum absolute atomic E-state index is 0.202. The molecule has 0 radical (unpaired) electrons. The number of fused-ring (bicyclic) bond motifs is 1. The van der Waals surface area contributed by atoms with E-state index in [4.69, 9.17) is 4.74 Å². The third-order valence-corrected chi connectivity index (χ3v) is 3.65. The standard InChI is InChI=1S/C15H16F3NO3/c1-22-14(21)11-7-9-19(12-5-3-2-4-10(11)12)13(20)6-8-15(16,17)18/h2-5,11H,6-9H2,1H3/t11-/m0/s1. The number of alkyl halides is 3. The van der Waals surface area contributed by atoms with Crippen molar-refractivity contribution in [2.45, 2.75) is 31.4 Å². The monoisotopic (exact) mass is 315 g/mol. The first kappa shape index (κ1) is 16.3. The van der Waals surface area contributed by atoms with E-state index in [-0.39, 0.29) is 6.54 Å². The highest BCUT2D eigenvalue weighted by Gasteiger charge is 2.34. The molecule has 0 aromatic heterocycles. The first-order chi connectivity index (χ1) is 10.3. The Kier molecular flexibility index (Phi) is 4.73. The third kappa shape index (κ3) is 3.58. The molecular formula is C15H16F3NO3. The van der Waals surface area contributed by atoms with Gasteiger partial charge in [-0.25, -0.2) is 0 Å². The van der Waals surface area contributed by atoms with E-state index in [0.29, 0.717) is 17.7 Å². The second-order valence-corrected chi connectivity index (χ2v) is 5.08. The average Bonchev–Trinajstić information content (AvgIpc) is 2.50. The number of carbonyl (C=O) groups is 2. The van der Waals surface area contributed by atoms with Crippen LogP contribution in [-0.4, -0.2) is 31.7 Å². The quantitative estimate of drug-likeness (QED) is 0.806. The molecule has 1 amide bonds. The number of para-hydroxylation sites is 1. The fraction of sp³-hybridized carbons (Fsp3) is 0.467. The van der Waals surface area contributed by atoms with E-state index in [1.165, 1.54) is 12.0 Å². The van der Waals surface area contributed by atoms with E-state index in [1.807, 2.05) is 0 Å². The zero-order valence-corrected chi connectivity index (χ0v) is 12.0. The zero-order valence-electron chi connectivity index (χ0n) is 12.0. The summed E-state index contributed by atoms with van der Waals surface area (Å²) in [5.41, 5.74) is 1.09. The fourth-order valence-corrected chi connectivity index (χ4v) is 2.59. The van der Waals surface area contributed by atoms with Crippen LogP contribution in [0.5, 0.6) is 0 Å². The van der Waals surface area contributed by atoms with Crippen LogP contribution in [0.2, 0.25) is 0 Å². The van der Waals surface area contributed by atoms with Gasteiger partial charge in [-0.3, -0.25) is 9.59 Å². The van der Waals surface area contributed by atoms with Crippen molar-refractivity contribution in [2.24, 2.45) is 0 Å². The van der Waals surface area contributed by atoms with E-state index >= 15 is 0 Å². The van der Waals surface area contributed by atoms with E-state index in [0.717, 1.165) is 0 Å². The average molecular weight is 315 g/mol. The highest BCUT2D eigenvalue weighted by Crippen LogP contribution is 2.36. The number of rotatable bonds is 3. The van der Waals surface area contributed by atoms with Gasteiger partial charge in [0.1, 0.15) is 0 Å². The third-order valence-electron chi connectivity index (χ3n) is 3.65. The predicted octanol–water partition coefficient (Wildman–Crippen LogP) is 3.02. The summed E-state index contributed by atoms with van der Waals surface area (Å²) in [5.74, 6) is -1.49. The van der Waals surface area contributed by atoms with Gasteiger partial charge in [0.2, 0.25) is 5.91 Å². The highest BCUT2D eigenvalue weighted by atomic mass is 19.4. The van der Waals surface area contributed by atoms with Gasteiger partial charge in [-0.1, -0.05) is 18.2 Å². The number of hydrogen-bond acceptors (Lipinski definition) is 3. The Morgan fingerprint density at radius 3 is 2.64 bits per heavy atom. The maximum Gasteiger partial charge on any atom is 0.389 e. The lowest BCUT2D eigenvalue weighted by molar-refractivity contribution is -0.143. The normalized spacial score (nSPS) is 17.8. The molecule has 0 saturated heterocycles. The molecule has 7 heteroatoms. The summed E-state index contributed by atoms with van der Waals surface area (Å²) in [6.45, 7) is 0.202. The predicted molar refractivity (Wildman–Crippen MR) is 73.5 cm³/mol. The molecule has 1 aliphatic heterocycles. The lowest BCUT2D eigenvalue weighted by atomic mass is 9.89. The van der Waals surface area contributed by atoms with Crippen molar-refractivity contribution in [1.29, 1.82) is 0 Å². The van der Waals surface area contributed by atoms with Crippen molar-refractivity contribution in [3.05, 3.63) is 29.8 Å². The second-order valence-electron chi connectivity index (χ2n) is 5.08. The van der Waals surface area contributed by atoms with Crippen molar-refractivity contribution in [2.75, 3.05) is 18.6 Å². The maximum absolute atomic E-state index is 12.3. The van der Waals surface area contributed by atoms with Crippen molar-refractivity contribution in [3.8, 4) is 0 Å². The molecular weight excluding hydrogens is 299 g/mol. The van der Waals surface area contributed by atoms with E-state index in [9.17, 15) is 22.8 Å². The van der Waals surface area contributed by atoms with Crippen molar-refractivity contribution in [1.82, 2.24) is 0 Å². The molecule has 0 aliphatic carbocycles. The molecule has 2 rings (SSSR count). The number of esters is 1. The summed E-state index contributed by atoms with van der Waals surface area (Å²) in [7, 11) is 1.28. The van der Waals surface area contributed by atoms with Crippen molar-refractivity contribution >= 4 is 17.6 Å². The lowest BCUT2D eigenvalue weighted by Gasteiger charge is -2.33.